The molecule has 0 bridgehead atoms. The molecule has 4 heterocycles. The molecule has 1 unspecified atom stereocenters. The predicted molar refractivity (Wildman–Crippen MR) is 144 cm³/mol. The van der Waals surface area contributed by atoms with Crippen LogP contribution in [0.2, 0.25) is 0 Å². The minimum absolute atomic E-state index is 0.0422. The molecule has 0 radical (unpaired) electrons. The Morgan fingerprint density at radius 1 is 1.34 bits per heavy atom. The molecule has 0 aliphatic carbocycles. The number of aliphatic hydroxyl groups excluding tert-OH is 2. The molecule has 6 atom stereocenters. The van der Waals surface area contributed by atoms with Gasteiger partial charge in [0.05, 0.1) is 47.4 Å². The average molecular weight is 566 g/mol. The van der Waals surface area contributed by atoms with Crippen LogP contribution in [-0.4, -0.2) is 78.9 Å². The topological polar surface area (TPSA) is 141 Å². The molecular weight excluding hydrogens is 530 g/mol. The highest BCUT2D eigenvalue weighted by molar-refractivity contribution is 8.06. The Kier molecular flexibility index (Phi) is 8.55. The molecule has 4 rings (SSSR count). The highest BCUT2D eigenvalue weighted by Crippen LogP contribution is 2.59. The van der Waals surface area contributed by atoms with Gasteiger partial charge in [-0.1, -0.05) is 18.7 Å². The Morgan fingerprint density at radius 3 is 2.63 bits per heavy atom. The van der Waals surface area contributed by atoms with Crippen LogP contribution < -0.4 is 0 Å². The number of carbonyl (C=O) groups is 3. The molecule has 2 saturated heterocycles. The van der Waals surface area contributed by atoms with Crippen molar-refractivity contribution in [3.63, 3.8) is 0 Å². The molecular formula is C26H35N3O7S2. The smallest absolute Gasteiger partial charge is 0.410 e. The quantitative estimate of drug-likeness (QED) is 0.383. The first-order valence-electron chi connectivity index (χ1n) is 12.8. The molecule has 1 aromatic heterocycles. The number of carboxylic acid groups (broad SMARTS) is 1. The third-order valence-electron chi connectivity index (χ3n) is 7.97. The molecule has 2 fully saturated rings. The number of piperidine rings is 1. The first-order chi connectivity index (χ1) is 18.0. The van der Waals surface area contributed by atoms with E-state index in [1.54, 1.807) is 21.9 Å². The first kappa shape index (κ1) is 28.6. The van der Waals surface area contributed by atoms with Gasteiger partial charge in [-0.2, -0.15) is 0 Å². The number of aliphatic hydroxyl groups is 2. The number of nitrogens with zero attached hydrogens (tertiary/aromatic N) is 3. The van der Waals surface area contributed by atoms with Gasteiger partial charge in [0.15, 0.2) is 0 Å². The number of hydrogen-bond donors (Lipinski definition) is 3. The highest BCUT2D eigenvalue weighted by atomic mass is 32.2. The van der Waals surface area contributed by atoms with E-state index < -0.39 is 41.4 Å². The van der Waals surface area contributed by atoms with E-state index in [2.05, 4.69) is 4.98 Å². The van der Waals surface area contributed by atoms with Crippen LogP contribution in [0.15, 0.2) is 21.5 Å². The van der Waals surface area contributed by atoms with Crippen LogP contribution in [0, 0.1) is 11.3 Å². The van der Waals surface area contributed by atoms with Crippen molar-refractivity contribution in [2.75, 3.05) is 6.61 Å². The molecule has 3 N–H and O–H groups in total. The van der Waals surface area contributed by atoms with E-state index in [4.69, 9.17) is 4.74 Å². The number of thiazole rings is 1. The highest BCUT2D eigenvalue weighted by Gasteiger charge is 2.66. The standard InChI is InChI=1S/C26H35N3O7S2/c1-14-6-5-7-15(2)28(14)25(35)36-10-9-26(4)21-19(16(3)31)23(32)29(21)20(24(33)34)22(26)37-11-8-18-17(12-30)27-13-38-18/h8,11,13-16,19,21,30-31H,5-7,9-10,12H2,1-4H3,(H,33,34)/b11-8-/t14-,15+,16?,19-,21+,26-/m1/s1. The Labute approximate surface area is 230 Å². The Morgan fingerprint density at radius 2 is 2.03 bits per heavy atom. The zero-order valence-electron chi connectivity index (χ0n) is 22.0. The lowest BCUT2D eigenvalue weighted by Crippen LogP contribution is -2.66. The number of fused-ring (bicyclic) bond motifs is 1. The number of aliphatic carboxylic acids is 1. The van der Waals surface area contributed by atoms with Crippen LogP contribution in [0.3, 0.4) is 0 Å². The molecule has 3 aliphatic rings. The summed E-state index contributed by atoms with van der Waals surface area (Å²) in [6, 6.07) is -0.407. The van der Waals surface area contributed by atoms with E-state index in [9.17, 15) is 29.7 Å². The second-order valence-corrected chi connectivity index (χ2v) is 12.3. The van der Waals surface area contributed by atoms with E-state index in [0.717, 1.165) is 24.1 Å². The van der Waals surface area contributed by atoms with E-state index in [1.165, 1.54) is 34.9 Å². The average Bonchev–Trinajstić information content (AvgIpc) is 3.38. The normalized spacial score (nSPS) is 30.0. The van der Waals surface area contributed by atoms with Crippen molar-refractivity contribution in [3.8, 4) is 0 Å². The van der Waals surface area contributed by atoms with Crippen molar-refractivity contribution in [1.82, 2.24) is 14.8 Å². The van der Waals surface area contributed by atoms with Crippen LogP contribution >= 0.6 is 23.1 Å². The maximum Gasteiger partial charge on any atom is 0.410 e. The molecule has 1 aromatic rings. The Hall–Kier alpha value is -2.41. The van der Waals surface area contributed by atoms with Crippen molar-refractivity contribution < 1.29 is 34.4 Å². The lowest BCUT2D eigenvalue weighted by molar-refractivity contribution is -0.167. The maximum absolute atomic E-state index is 13.0. The lowest BCUT2D eigenvalue weighted by atomic mass is 9.68. The van der Waals surface area contributed by atoms with Gasteiger partial charge < -0.3 is 29.9 Å². The van der Waals surface area contributed by atoms with Crippen LogP contribution in [0.5, 0.6) is 0 Å². The van der Waals surface area contributed by atoms with Gasteiger partial charge in [0.2, 0.25) is 5.91 Å². The Balaban J connectivity index is 1.59. The molecule has 208 valence electrons. The number of thioether (sulfide) groups is 1. The monoisotopic (exact) mass is 565 g/mol. The predicted octanol–water partition coefficient (Wildman–Crippen LogP) is 3.65. The summed E-state index contributed by atoms with van der Waals surface area (Å²) in [5.74, 6) is -2.41. The second kappa shape index (κ2) is 11.4. The zero-order chi connectivity index (χ0) is 27.8. The van der Waals surface area contributed by atoms with E-state index in [-0.39, 0.29) is 37.4 Å². The largest absolute Gasteiger partial charge is 0.477 e. The summed E-state index contributed by atoms with van der Waals surface area (Å²) in [4.78, 5) is 46.6. The lowest BCUT2D eigenvalue weighted by Gasteiger charge is -2.50. The summed E-state index contributed by atoms with van der Waals surface area (Å²) >= 11 is 2.53. The molecule has 38 heavy (non-hydrogen) atoms. The fourth-order valence-corrected chi connectivity index (χ4v) is 7.89. The van der Waals surface area contributed by atoms with E-state index >= 15 is 0 Å². The summed E-state index contributed by atoms with van der Waals surface area (Å²) < 4.78 is 5.71. The van der Waals surface area contributed by atoms with Gasteiger partial charge in [0, 0.05) is 22.4 Å². The number of β-lactam (4-membered cyclic amide) rings is 1. The van der Waals surface area contributed by atoms with Crippen LogP contribution in [-0.2, 0) is 20.9 Å². The van der Waals surface area contributed by atoms with Gasteiger partial charge in [-0.15, -0.1) is 11.3 Å². The fourth-order valence-electron chi connectivity index (χ4n) is 5.98. The fraction of sp³-hybridized carbons (Fsp3) is 0.615. The summed E-state index contributed by atoms with van der Waals surface area (Å²) in [6.45, 7) is 7.24. The number of ether oxygens (including phenoxy) is 1. The summed E-state index contributed by atoms with van der Waals surface area (Å²) in [7, 11) is 0. The van der Waals surface area contributed by atoms with Crippen molar-refractivity contribution in [2.45, 2.75) is 84.2 Å². The first-order valence-corrected chi connectivity index (χ1v) is 14.6. The van der Waals surface area contributed by atoms with Gasteiger partial charge in [0.25, 0.3) is 0 Å². The number of carboxylic acids is 1. The third kappa shape index (κ3) is 4.99. The maximum atomic E-state index is 13.0. The zero-order valence-corrected chi connectivity index (χ0v) is 23.6. The van der Waals surface area contributed by atoms with E-state index in [1.807, 2.05) is 20.8 Å². The van der Waals surface area contributed by atoms with E-state index in [0.29, 0.717) is 10.6 Å². The number of aromatic nitrogens is 1. The molecule has 10 nitrogen and oxygen atoms in total. The van der Waals surface area contributed by atoms with Gasteiger partial charge in [-0.25, -0.2) is 14.6 Å². The molecule has 0 saturated carbocycles. The SMILES string of the molecule is CC(O)[C@H]1C(=O)N2C(C(=O)O)=C(S/C=C\c3scnc3CO)[C@](C)(CCOC(=O)N3[C@H](C)CCC[C@@H]3C)[C@H]12. The minimum Gasteiger partial charge on any atom is -0.477 e. The molecule has 12 heteroatoms. The van der Waals surface area contributed by atoms with Crippen LogP contribution in [0.4, 0.5) is 4.79 Å². The van der Waals surface area contributed by atoms with Crippen LogP contribution in [0.1, 0.15) is 63.9 Å². The van der Waals surface area contributed by atoms with Crippen LogP contribution in [0.25, 0.3) is 6.08 Å². The number of rotatable bonds is 9. The van der Waals surface area contributed by atoms with Gasteiger partial charge in [-0.05, 0) is 57.9 Å². The summed E-state index contributed by atoms with van der Waals surface area (Å²) in [5, 5.41) is 31.7. The van der Waals surface area contributed by atoms with Gasteiger partial charge >= 0.3 is 12.1 Å². The van der Waals surface area contributed by atoms with Crippen molar-refractivity contribution >= 4 is 47.1 Å². The van der Waals surface area contributed by atoms with Gasteiger partial charge in [-0.3, -0.25) is 4.79 Å². The van der Waals surface area contributed by atoms with Crippen molar-refractivity contribution in [1.29, 1.82) is 0 Å². The molecule has 3 aliphatic heterocycles. The second-order valence-electron chi connectivity index (χ2n) is 10.5. The number of carbonyl (C=O) groups excluding carboxylic acids is 2. The van der Waals surface area contributed by atoms with Gasteiger partial charge in [0.1, 0.15) is 5.70 Å². The van der Waals surface area contributed by atoms with Crippen molar-refractivity contribution in [2.24, 2.45) is 11.3 Å². The molecule has 0 spiro atoms. The minimum atomic E-state index is -1.23. The summed E-state index contributed by atoms with van der Waals surface area (Å²) in [5.41, 5.74) is 1.17. The molecule has 2 amide bonds. The Bertz CT molecular complexity index is 1140. The summed E-state index contributed by atoms with van der Waals surface area (Å²) in [6.07, 6.45) is 3.59. The number of amides is 2. The third-order valence-corrected chi connectivity index (χ3v) is 9.97. The number of hydrogen-bond acceptors (Lipinski definition) is 9. The van der Waals surface area contributed by atoms with Crippen molar-refractivity contribution in [3.05, 3.63) is 32.1 Å². The molecule has 0 aromatic carbocycles. The number of likely N-dealkylation sites (tertiary alicyclic amines) is 1.